The van der Waals surface area contributed by atoms with Crippen LogP contribution in [-0.4, -0.2) is 23.4 Å². The van der Waals surface area contributed by atoms with E-state index in [1.54, 1.807) is 23.1 Å². The van der Waals surface area contributed by atoms with E-state index in [2.05, 4.69) is 5.32 Å². The predicted octanol–water partition coefficient (Wildman–Crippen LogP) is 2.44. The maximum atomic E-state index is 11.5. The third kappa shape index (κ3) is 2.90. The molecular formula is C11H10Cl2N2O2. The fraction of sp³-hybridized carbons (Fsp3) is 0.273. The summed E-state index contributed by atoms with van der Waals surface area (Å²) in [6.45, 7) is 0.834. The van der Waals surface area contributed by atoms with Gasteiger partial charge in [-0.05, 0) is 17.7 Å². The zero-order valence-electron chi connectivity index (χ0n) is 8.87. The molecule has 0 radical (unpaired) electrons. The number of rotatable bonds is 2. The molecule has 0 bridgehead atoms. The quantitative estimate of drug-likeness (QED) is 0.899. The molecule has 1 N–H and O–H groups in total. The van der Waals surface area contributed by atoms with Crippen LogP contribution in [0.2, 0.25) is 10.0 Å². The number of nitrogens with zero attached hydrogens (tertiary/aromatic N) is 1. The summed E-state index contributed by atoms with van der Waals surface area (Å²) in [4.78, 5) is 24.0. The van der Waals surface area contributed by atoms with Crippen molar-refractivity contribution in [3.05, 3.63) is 33.8 Å². The molecule has 0 unspecified atom stereocenters. The molecule has 1 aliphatic rings. The van der Waals surface area contributed by atoms with Gasteiger partial charge in [0.05, 0.1) is 10.0 Å². The summed E-state index contributed by atoms with van der Waals surface area (Å²) < 4.78 is 0. The minimum absolute atomic E-state index is 0.236. The first-order valence-electron chi connectivity index (χ1n) is 5.09. The summed E-state index contributed by atoms with van der Waals surface area (Å²) in [7, 11) is 0. The highest BCUT2D eigenvalue weighted by molar-refractivity contribution is 6.42. The van der Waals surface area contributed by atoms with Crippen LogP contribution >= 0.6 is 23.2 Å². The van der Waals surface area contributed by atoms with Crippen LogP contribution in [0, 0.1) is 0 Å². The van der Waals surface area contributed by atoms with Gasteiger partial charge in [0.1, 0.15) is 0 Å². The topological polar surface area (TPSA) is 49.4 Å². The lowest BCUT2D eigenvalue weighted by atomic mass is 10.2. The van der Waals surface area contributed by atoms with Gasteiger partial charge in [0, 0.05) is 19.5 Å². The van der Waals surface area contributed by atoms with E-state index in [9.17, 15) is 9.59 Å². The van der Waals surface area contributed by atoms with Gasteiger partial charge in [0.2, 0.25) is 5.91 Å². The first-order chi connectivity index (χ1) is 8.06. The van der Waals surface area contributed by atoms with Crippen molar-refractivity contribution >= 4 is 35.1 Å². The van der Waals surface area contributed by atoms with Crippen molar-refractivity contribution in [2.45, 2.75) is 13.0 Å². The van der Waals surface area contributed by atoms with Crippen LogP contribution < -0.4 is 5.32 Å². The monoisotopic (exact) mass is 272 g/mol. The molecule has 1 fully saturated rings. The van der Waals surface area contributed by atoms with Crippen molar-refractivity contribution in [3.8, 4) is 0 Å². The zero-order valence-corrected chi connectivity index (χ0v) is 10.4. The highest BCUT2D eigenvalue weighted by Crippen LogP contribution is 2.23. The number of carbonyl (C=O) groups excluding carboxylic acids is 2. The number of urea groups is 1. The normalized spacial score (nSPS) is 16.0. The third-order valence-electron chi connectivity index (χ3n) is 2.50. The zero-order chi connectivity index (χ0) is 12.4. The third-order valence-corrected chi connectivity index (χ3v) is 3.24. The van der Waals surface area contributed by atoms with Gasteiger partial charge in [-0.1, -0.05) is 29.3 Å². The second kappa shape index (κ2) is 4.94. The molecule has 1 aliphatic heterocycles. The molecule has 0 aromatic heterocycles. The molecule has 0 saturated carbocycles. The summed E-state index contributed by atoms with van der Waals surface area (Å²) in [5.41, 5.74) is 0.879. The molecule has 1 aromatic carbocycles. The Labute approximate surface area is 108 Å². The number of nitrogens with one attached hydrogen (secondary N) is 1. The molecule has 17 heavy (non-hydrogen) atoms. The van der Waals surface area contributed by atoms with Gasteiger partial charge in [0.15, 0.2) is 0 Å². The molecule has 90 valence electrons. The smallest absolute Gasteiger partial charge is 0.320 e. The summed E-state index contributed by atoms with van der Waals surface area (Å²) in [5, 5.41) is 3.20. The van der Waals surface area contributed by atoms with Crippen LogP contribution in [-0.2, 0) is 11.3 Å². The van der Waals surface area contributed by atoms with Crippen molar-refractivity contribution in [1.82, 2.24) is 10.2 Å². The van der Waals surface area contributed by atoms with Gasteiger partial charge in [-0.25, -0.2) is 4.79 Å². The summed E-state index contributed by atoms with van der Waals surface area (Å²) in [6, 6.07) is 4.84. The molecule has 1 heterocycles. The SMILES string of the molecule is O=C1CCN(Cc2ccc(Cl)c(Cl)c2)C(=O)N1. The number of amides is 3. The van der Waals surface area contributed by atoms with Gasteiger partial charge < -0.3 is 4.90 Å². The molecule has 4 nitrogen and oxygen atoms in total. The lowest BCUT2D eigenvalue weighted by molar-refractivity contribution is -0.121. The Kier molecular flexibility index (Phi) is 3.54. The van der Waals surface area contributed by atoms with Crippen LogP contribution in [0.15, 0.2) is 18.2 Å². The van der Waals surface area contributed by atoms with Crippen molar-refractivity contribution in [2.75, 3.05) is 6.54 Å². The minimum Gasteiger partial charge on any atom is -0.320 e. The lowest BCUT2D eigenvalue weighted by Crippen LogP contribution is -2.48. The Bertz CT molecular complexity index is 477. The van der Waals surface area contributed by atoms with E-state index in [0.29, 0.717) is 29.6 Å². The lowest BCUT2D eigenvalue weighted by Gasteiger charge is -2.26. The molecular weight excluding hydrogens is 263 g/mol. The molecule has 2 rings (SSSR count). The standard InChI is InChI=1S/C11H10Cl2N2O2/c12-8-2-1-7(5-9(8)13)6-15-4-3-10(16)14-11(15)17/h1-2,5H,3-4,6H2,(H,14,16,17). The number of hydrogen-bond donors (Lipinski definition) is 1. The summed E-state index contributed by atoms with van der Waals surface area (Å²) in [5.74, 6) is -0.236. The maximum Gasteiger partial charge on any atom is 0.324 e. The average molecular weight is 273 g/mol. The van der Waals surface area contributed by atoms with Crippen LogP contribution in [0.25, 0.3) is 0 Å². The molecule has 1 saturated heterocycles. The van der Waals surface area contributed by atoms with E-state index in [0.717, 1.165) is 5.56 Å². The molecule has 0 aliphatic carbocycles. The van der Waals surface area contributed by atoms with Gasteiger partial charge in [-0.15, -0.1) is 0 Å². The number of imide groups is 1. The Balaban J connectivity index is 2.08. The molecule has 0 atom stereocenters. The summed E-state index contributed by atoms with van der Waals surface area (Å²) in [6.07, 6.45) is 0.326. The van der Waals surface area contributed by atoms with Crippen LogP contribution in [0.3, 0.4) is 0 Å². The van der Waals surface area contributed by atoms with Crippen molar-refractivity contribution in [2.24, 2.45) is 0 Å². The molecule has 0 spiro atoms. The summed E-state index contributed by atoms with van der Waals surface area (Å²) >= 11 is 11.7. The minimum atomic E-state index is -0.368. The second-order valence-corrected chi connectivity index (χ2v) is 4.59. The largest absolute Gasteiger partial charge is 0.324 e. The van der Waals surface area contributed by atoms with Crippen LogP contribution in [0.1, 0.15) is 12.0 Å². The molecule has 1 aromatic rings. The van der Waals surface area contributed by atoms with E-state index in [-0.39, 0.29) is 11.9 Å². The van der Waals surface area contributed by atoms with E-state index < -0.39 is 0 Å². The van der Waals surface area contributed by atoms with E-state index in [1.165, 1.54) is 0 Å². The Morgan fingerprint density at radius 2 is 2.00 bits per heavy atom. The first kappa shape index (κ1) is 12.2. The number of halogens is 2. The molecule has 6 heteroatoms. The Hall–Kier alpha value is -1.26. The number of benzene rings is 1. The first-order valence-corrected chi connectivity index (χ1v) is 5.84. The van der Waals surface area contributed by atoms with Crippen LogP contribution in [0.4, 0.5) is 4.79 Å². The fourth-order valence-electron chi connectivity index (χ4n) is 1.61. The predicted molar refractivity (Wildman–Crippen MR) is 65.0 cm³/mol. The van der Waals surface area contributed by atoms with E-state index in [1.807, 2.05) is 0 Å². The molecule has 3 amide bonds. The average Bonchev–Trinajstić information content (AvgIpc) is 2.27. The fourth-order valence-corrected chi connectivity index (χ4v) is 1.93. The van der Waals surface area contributed by atoms with Gasteiger partial charge >= 0.3 is 6.03 Å². The number of hydrogen-bond acceptors (Lipinski definition) is 2. The van der Waals surface area contributed by atoms with E-state index >= 15 is 0 Å². The highest BCUT2D eigenvalue weighted by Gasteiger charge is 2.22. The van der Waals surface area contributed by atoms with Gasteiger partial charge in [-0.3, -0.25) is 10.1 Å². The maximum absolute atomic E-state index is 11.5. The Morgan fingerprint density at radius 1 is 1.24 bits per heavy atom. The van der Waals surface area contributed by atoms with Crippen molar-refractivity contribution in [3.63, 3.8) is 0 Å². The highest BCUT2D eigenvalue weighted by atomic mass is 35.5. The van der Waals surface area contributed by atoms with Gasteiger partial charge in [-0.2, -0.15) is 0 Å². The van der Waals surface area contributed by atoms with E-state index in [4.69, 9.17) is 23.2 Å². The second-order valence-electron chi connectivity index (χ2n) is 3.77. The van der Waals surface area contributed by atoms with Gasteiger partial charge in [0.25, 0.3) is 0 Å². The Morgan fingerprint density at radius 3 is 2.65 bits per heavy atom. The van der Waals surface area contributed by atoms with Crippen molar-refractivity contribution in [1.29, 1.82) is 0 Å². The number of carbonyl (C=O) groups is 2. The van der Waals surface area contributed by atoms with Crippen molar-refractivity contribution < 1.29 is 9.59 Å². The van der Waals surface area contributed by atoms with Crippen LogP contribution in [0.5, 0.6) is 0 Å².